The van der Waals surface area contributed by atoms with E-state index in [4.69, 9.17) is 0 Å². The molecule has 15 nitrogen and oxygen atoms in total. The fourth-order valence-electron chi connectivity index (χ4n) is 9.25. The number of imidazole rings is 2. The number of thiazole rings is 2. The molecule has 10 heterocycles. The van der Waals surface area contributed by atoms with Crippen molar-refractivity contribution < 1.29 is 31.1 Å². The molecule has 2 fully saturated rings. The minimum Gasteiger partial charge on any atom is -0.359 e. The number of H-pyrrole nitrogens is 2. The number of aromatic amines is 2. The summed E-state index contributed by atoms with van der Waals surface area (Å²) in [5, 5.41) is -1.35. The van der Waals surface area contributed by atoms with Gasteiger partial charge in [-0.25, -0.2) is 19.9 Å². The van der Waals surface area contributed by atoms with Crippen molar-refractivity contribution in [3.63, 3.8) is 0 Å². The zero-order valence-corrected chi connectivity index (χ0v) is 38.0. The molecule has 0 bridgehead atoms. The van der Waals surface area contributed by atoms with Crippen molar-refractivity contribution in [2.24, 2.45) is 0 Å². The number of fused-ring (bicyclic) bond motifs is 2. The molecule has 0 spiro atoms. The van der Waals surface area contributed by atoms with Gasteiger partial charge in [0.05, 0.1) is 46.5 Å². The van der Waals surface area contributed by atoms with E-state index in [9.17, 15) is 26.3 Å². The monoisotopic (exact) mass is 972 g/mol. The molecule has 2 saturated heterocycles. The van der Waals surface area contributed by atoms with Crippen LogP contribution in [0.25, 0.3) is 45.1 Å². The summed E-state index contributed by atoms with van der Waals surface area (Å²) in [6, 6.07) is 8.75. The van der Waals surface area contributed by atoms with E-state index in [0.717, 1.165) is 11.1 Å². The molecular weight excluding hydrogens is 931 g/mol. The Morgan fingerprint density at radius 2 is 1.04 bits per heavy atom. The van der Waals surface area contributed by atoms with Gasteiger partial charge in [0.1, 0.15) is 21.4 Å². The van der Waals surface area contributed by atoms with Gasteiger partial charge in [-0.1, -0.05) is 34.8 Å². The van der Waals surface area contributed by atoms with Crippen LogP contribution in [-0.4, -0.2) is 129 Å². The van der Waals surface area contributed by atoms with Gasteiger partial charge in [-0.15, -0.1) is 0 Å². The predicted octanol–water partition coefficient (Wildman–Crippen LogP) is 7.82. The molecule has 68 heavy (non-hydrogen) atoms. The van der Waals surface area contributed by atoms with Gasteiger partial charge in [0.25, 0.3) is 0 Å². The first-order chi connectivity index (χ1) is 32.7. The fraction of sp³-hybridized carbons (Fsp3) is 0.356. The van der Waals surface area contributed by atoms with Crippen LogP contribution in [0.5, 0.6) is 0 Å². The highest BCUT2D eigenvalue weighted by Gasteiger charge is 2.44. The van der Waals surface area contributed by atoms with Gasteiger partial charge in [-0.3, -0.25) is 34.5 Å². The number of nitrogens with one attached hydrogen (secondary N) is 2. The van der Waals surface area contributed by atoms with Crippen molar-refractivity contribution in [3.8, 4) is 23.0 Å². The van der Waals surface area contributed by atoms with Gasteiger partial charge in [-0.2, -0.15) is 26.3 Å². The van der Waals surface area contributed by atoms with E-state index in [1.54, 1.807) is 61.7 Å². The van der Waals surface area contributed by atoms with Gasteiger partial charge in [0, 0.05) is 88.5 Å². The van der Waals surface area contributed by atoms with Gasteiger partial charge < -0.3 is 19.8 Å². The molecule has 352 valence electrons. The van der Waals surface area contributed by atoms with Crippen LogP contribution in [0.15, 0.2) is 86.0 Å². The maximum atomic E-state index is 15.7. The van der Waals surface area contributed by atoms with E-state index in [1.807, 2.05) is 47.9 Å². The average molecular weight is 973 g/mol. The second kappa shape index (κ2) is 18.2. The topological polar surface area (TPSA) is 165 Å². The van der Waals surface area contributed by atoms with Crippen LogP contribution in [0, 0.1) is 0 Å². The second-order valence-corrected chi connectivity index (χ2v) is 18.9. The number of hydrogen-bond donors (Lipinski definition) is 2. The molecular formula is C45H42F6N14OS2. The molecule has 0 radical (unpaired) electrons. The van der Waals surface area contributed by atoms with Gasteiger partial charge in [0.15, 0.2) is 17.4 Å². The Balaban J connectivity index is 0.953. The summed E-state index contributed by atoms with van der Waals surface area (Å²) in [4.78, 5) is 64.0. The number of piperazine rings is 2. The molecule has 2 aliphatic rings. The summed E-state index contributed by atoms with van der Waals surface area (Å²) in [7, 11) is 0. The van der Waals surface area contributed by atoms with E-state index in [1.165, 1.54) is 0 Å². The lowest BCUT2D eigenvalue weighted by atomic mass is 9.90. The fourth-order valence-corrected chi connectivity index (χ4v) is 11.2. The number of carbonyl (C=O) groups excluding carboxylic acids is 1. The number of nitrogens with zero attached hydrogens (tertiary/aromatic N) is 12. The number of carbonyl (C=O) groups is 1. The van der Waals surface area contributed by atoms with Crippen molar-refractivity contribution >= 4 is 60.5 Å². The lowest BCUT2D eigenvalue weighted by Crippen LogP contribution is -2.63. The Hall–Kier alpha value is -6.43. The maximum Gasteiger partial charge on any atom is 0.443 e. The largest absolute Gasteiger partial charge is 0.443 e. The molecule has 8 aromatic heterocycles. The Kier molecular flexibility index (Phi) is 12.2. The second-order valence-electron chi connectivity index (χ2n) is 16.9. The normalized spacial score (nSPS) is 18.7. The third-order valence-corrected chi connectivity index (χ3v) is 14.7. The van der Waals surface area contributed by atoms with E-state index in [-0.39, 0.29) is 67.1 Å². The average Bonchev–Trinajstić information content (AvgIpc) is 4.15. The number of halogens is 6. The molecule has 2 aliphatic heterocycles. The number of hydrogen-bond acceptors (Lipinski definition) is 15. The number of Topliss-reactive ketones (excluding diaryl/α,β-unsaturated/α-hetero) is 1. The van der Waals surface area contributed by atoms with E-state index < -0.39 is 34.5 Å². The first kappa shape index (κ1) is 45.4. The van der Waals surface area contributed by atoms with E-state index in [2.05, 4.69) is 59.6 Å². The minimum atomic E-state index is -4.69. The van der Waals surface area contributed by atoms with Crippen LogP contribution in [0.1, 0.15) is 35.0 Å². The molecule has 0 saturated carbocycles. The van der Waals surface area contributed by atoms with Crippen LogP contribution < -0.4 is 9.80 Å². The Labute approximate surface area is 392 Å². The minimum absolute atomic E-state index is 0.0687. The smallest absolute Gasteiger partial charge is 0.359 e. The van der Waals surface area contributed by atoms with Crippen molar-refractivity contribution in [1.82, 2.24) is 59.6 Å². The summed E-state index contributed by atoms with van der Waals surface area (Å²) < 4.78 is 85.7. The lowest BCUT2D eigenvalue weighted by molar-refractivity contribution is -0.138. The predicted molar refractivity (Wildman–Crippen MR) is 245 cm³/mol. The summed E-state index contributed by atoms with van der Waals surface area (Å²) >= 11 is 1.12. The van der Waals surface area contributed by atoms with Gasteiger partial charge in [0.2, 0.25) is 10.0 Å². The van der Waals surface area contributed by atoms with E-state index >= 15 is 4.79 Å². The number of rotatable bonds is 12. The summed E-state index contributed by atoms with van der Waals surface area (Å²) in [5.74, 6) is 0.323. The van der Waals surface area contributed by atoms with Crippen LogP contribution in [0.4, 0.5) is 36.3 Å². The van der Waals surface area contributed by atoms with Gasteiger partial charge in [-0.05, 0) is 62.1 Å². The van der Waals surface area contributed by atoms with Crippen molar-refractivity contribution in [1.29, 1.82) is 0 Å². The zero-order valence-electron chi connectivity index (χ0n) is 36.4. The third kappa shape index (κ3) is 9.13. The van der Waals surface area contributed by atoms with Gasteiger partial charge >= 0.3 is 12.4 Å². The van der Waals surface area contributed by atoms with Crippen LogP contribution in [-0.2, 0) is 30.0 Å². The highest BCUT2D eigenvalue weighted by molar-refractivity contribution is 7.16. The molecule has 0 amide bonds. The van der Waals surface area contributed by atoms with Crippen LogP contribution in [0.2, 0.25) is 0 Å². The number of ketones is 1. The number of pyridine rings is 4. The summed E-state index contributed by atoms with van der Waals surface area (Å²) in [6.45, 7) is 5.73. The van der Waals surface area contributed by atoms with Crippen molar-refractivity contribution in [3.05, 3.63) is 107 Å². The Morgan fingerprint density at radius 3 is 1.41 bits per heavy atom. The number of alkyl halides is 6. The molecule has 2 unspecified atom stereocenters. The first-order valence-corrected chi connectivity index (χ1v) is 23.4. The number of anilines is 2. The zero-order chi connectivity index (χ0) is 47.3. The quantitative estimate of drug-likeness (QED) is 0.114. The lowest BCUT2D eigenvalue weighted by Gasteiger charge is -2.47. The molecule has 2 N–H and O–H groups in total. The number of aromatic nitrogens is 10. The molecule has 4 atom stereocenters. The molecule has 23 heteroatoms. The highest BCUT2D eigenvalue weighted by atomic mass is 32.1. The third-order valence-electron chi connectivity index (χ3n) is 12.4. The van der Waals surface area contributed by atoms with Crippen LogP contribution in [0.3, 0.4) is 0 Å². The maximum absolute atomic E-state index is 15.7. The molecule has 0 aromatic carbocycles. The first-order valence-electron chi connectivity index (χ1n) is 21.8. The highest BCUT2D eigenvalue weighted by Crippen LogP contribution is 2.45. The molecule has 0 aliphatic carbocycles. The standard InChI is InChI=1S/C45H42F6N14OS2/c1-25-23-62(40-35(60-42(67-40)44(46,47)48)38-56-29-7-11-54-21-31(29)58-38)13-15-64(25)33(17-27-5-3-9-52-19-27)37(66)34(18-28-6-4-10-53-20-28)65-16-14-63(24-26(65)2)41-36(61-43(68-41)45(49,50)51)39-57-30-8-12-55-22-32(30)59-39/h3-12,19-22,25-26,33-34H,13-18,23-24H2,1-2H3,(H,56,58)(H,57,59)/t25-,26-,33?,34?/m1/s1. The molecule has 10 rings (SSSR count). The summed E-state index contributed by atoms with van der Waals surface area (Å²) in [5.41, 5.74) is 4.03. The Morgan fingerprint density at radius 1 is 0.618 bits per heavy atom. The van der Waals surface area contributed by atoms with Crippen molar-refractivity contribution in [2.45, 2.75) is 63.2 Å². The van der Waals surface area contributed by atoms with Crippen LogP contribution >= 0.6 is 22.7 Å². The van der Waals surface area contributed by atoms with Crippen molar-refractivity contribution in [2.75, 3.05) is 49.1 Å². The summed E-state index contributed by atoms with van der Waals surface area (Å²) in [6.07, 6.45) is 4.23. The van der Waals surface area contributed by atoms with E-state index in [0.29, 0.717) is 80.7 Å². The Bertz CT molecular complexity index is 2780. The molecule has 8 aromatic rings. The SMILES string of the molecule is C[C@@H]1CN(c2sc(C(F)(F)F)nc2-c2nc3ccncc3[nH]2)CCN1C(Cc1cccnc1)C(=O)C(Cc1cccnc1)N1CCN(c2sc(C(F)(F)F)nc2-c2nc3ccncc3[nH]2)C[C@H]1C.